The quantitative estimate of drug-likeness (QED) is 0.566. The third-order valence-corrected chi connectivity index (χ3v) is 4.05. The average Bonchev–Trinajstić information content (AvgIpc) is 2.99. The second-order valence-electron chi connectivity index (χ2n) is 6.05. The maximum atomic E-state index is 13.2. The van der Waals surface area contributed by atoms with E-state index in [-0.39, 0.29) is 18.3 Å². The van der Waals surface area contributed by atoms with E-state index in [0.717, 1.165) is 0 Å². The van der Waals surface area contributed by atoms with Crippen molar-refractivity contribution in [3.63, 3.8) is 0 Å². The predicted molar refractivity (Wildman–Crippen MR) is 102 cm³/mol. The van der Waals surface area contributed by atoms with E-state index in [1.54, 1.807) is 60.7 Å². The van der Waals surface area contributed by atoms with Gasteiger partial charge in [0.2, 0.25) is 5.91 Å². The highest BCUT2D eigenvalue weighted by Gasteiger charge is 2.12. The van der Waals surface area contributed by atoms with Gasteiger partial charge in [-0.2, -0.15) is 0 Å². The number of oxazole rings is 1. The molecule has 0 saturated carbocycles. The third kappa shape index (κ3) is 3.78. The van der Waals surface area contributed by atoms with Crippen LogP contribution < -0.4 is 15.8 Å². The van der Waals surface area contributed by atoms with Crippen LogP contribution in [0.2, 0.25) is 0 Å². The fourth-order valence-corrected chi connectivity index (χ4v) is 2.78. The first kappa shape index (κ1) is 17.5. The first-order chi connectivity index (χ1) is 13.6. The lowest BCUT2D eigenvalue weighted by Crippen LogP contribution is -2.24. The Balaban J connectivity index is 1.43. The van der Waals surface area contributed by atoms with Crippen LogP contribution in [0.1, 0.15) is 0 Å². The molecule has 1 heterocycles. The molecular formula is C21H15FN2O4. The summed E-state index contributed by atoms with van der Waals surface area (Å²) in [7, 11) is 0. The molecule has 4 aromatic rings. The molecule has 0 aliphatic heterocycles. The van der Waals surface area contributed by atoms with Crippen molar-refractivity contribution in [1.82, 2.24) is 4.57 Å². The Morgan fingerprint density at radius 3 is 2.57 bits per heavy atom. The average molecular weight is 378 g/mol. The number of hydrogen-bond acceptors (Lipinski definition) is 4. The number of benzene rings is 3. The summed E-state index contributed by atoms with van der Waals surface area (Å²) in [5.41, 5.74) is 1.53. The van der Waals surface area contributed by atoms with Crippen LogP contribution >= 0.6 is 0 Å². The topological polar surface area (TPSA) is 73.5 Å². The Morgan fingerprint density at radius 2 is 1.79 bits per heavy atom. The number of para-hydroxylation sites is 2. The van der Waals surface area contributed by atoms with Crippen LogP contribution in [0.4, 0.5) is 10.1 Å². The van der Waals surface area contributed by atoms with Crippen molar-refractivity contribution in [3.8, 4) is 11.5 Å². The Labute approximate surface area is 158 Å². The highest BCUT2D eigenvalue weighted by Crippen LogP contribution is 2.23. The van der Waals surface area contributed by atoms with Crippen molar-refractivity contribution in [2.75, 3.05) is 5.32 Å². The summed E-state index contributed by atoms with van der Waals surface area (Å²) in [5, 5.41) is 2.72. The molecule has 1 aromatic heterocycles. The van der Waals surface area contributed by atoms with E-state index in [4.69, 9.17) is 9.15 Å². The molecule has 0 radical (unpaired) electrons. The number of aromatic nitrogens is 1. The highest BCUT2D eigenvalue weighted by molar-refractivity contribution is 5.91. The SMILES string of the molecule is O=C(Cn1c(=O)oc2ccccc21)Nc1ccc(Oc2cccc(F)c2)cc1. The molecule has 1 N–H and O–H groups in total. The van der Waals surface area contributed by atoms with Crippen LogP contribution in [-0.4, -0.2) is 10.5 Å². The number of rotatable bonds is 5. The lowest BCUT2D eigenvalue weighted by atomic mass is 10.3. The summed E-state index contributed by atoms with van der Waals surface area (Å²) in [5.74, 6) is -0.463. The fourth-order valence-electron chi connectivity index (χ4n) is 2.78. The lowest BCUT2D eigenvalue weighted by Gasteiger charge is -2.08. The van der Waals surface area contributed by atoms with Gasteiger partial charge in [-0.3, -0.25) is 9.36 Å². The Morgan fingerprint density at radius 1 is 1.00 bits per heavy atom. The summed E-state index contributed by atoms with van der Waals surface area (Å²) in [6.07, 6.45) is 0. The van der Waals surface area contributed by atoms with Gasteiger partial charge < -0.3 is 14.5 Å². The largest absolute Gasteiger partial charge is 0.457 e. The molecule has 0 spiro atoms. The van der Waals surface area contributed by atoms with Crippen LogP contribution in [0, 0.1) is 5.82 Å². The maximum absolute atomic E-state index is 13.2. The molecule has 1 amide bonds. The normalized spacial score (nSPS) is 10.8. The lowest BCUT2D eigenvalue weighted by molar-refractivity contribution is -0.116. The van der Waals surface area contributed by atoms with E-state index in [2.05, 4.69) is 5.32 Å². The number of carbonyl (C=O) groups is 1. The van der Waals surface area contributed by atoms with Gasteiger partial charge in [0, 0.05) is 11.8 Å². The Hall–Kier alpha value is -3.87. The Kier molecular flexibility index (Phi) is 4.63. The zero-order chi connectivity index (χ0) is 19.5. The van der Waals surface area contributed by atoms with Gasteiger partial charge in [0.25, 0.3) is 0 Å². The maximum Gasteiger partial charge on any atom is 0.420 e. The van der Waals surface area contributed by atoms with Crippen LogP contribution in [0.15, 0.2) is 82.0 Å². The second kappa shape index (κ2) is 7.40. The van der Waals surface area contributed by atoms with Crippen LogP contribution in [0.3, 0.4) is 0 Å². The van der Waals surface area contributed by atoms with Crippen LogP contribution in [0.5, 0.6) is 11.5 Å². The number of carbonyl (C=O) groups excluding carboxylic acids is 1. The molecule has 0 aliphatic carbocycles. The van der Waals surface area contributed by atoms with Crippen molar-refractivity contribution in [3.05, 3.63) is 89.2 Å². The van der Waals surface area contributed by atoms with Gasteiger partial charge in [-0.1, -0.05) is 18.2 Å². The molecule has 0 unspecified atom stereocenters. The van der Waals surface area contributed by atoms with Crippen LogP contribution in [-0.2, 0) is 11.3 Å². The number of fused-ring (bicyclic) bond motifs is 1. The zero-order valence-electron chi connectivity index (χ0n) is 14.6. The van der Waals surface area contributed by atoms with Crippen LogP contribution in [0.25, 0.3) is 11.1 Å². The zero-order valence-corrected chi connectivity index (χ0v) is 14.6. The smallest absolute Gasteiger partial charge is 0.420 e. The first-order valence-corrected chi connectivity index (χ1v) is 8.50. The molecule has 6 nitrogen and oxygen atoms in total. The number of ether oxygens (including phenoxy) is 1. The Bertz CT molecular complexity index is 1190. The highest BCUT2D eigenvalue weighted by atomic mass is 19.1. The van der Waals surface area contributed by atoms with E-state index in [0.29, 0.717) is 28.3 Å². The van der Waals surface area contributed by atoms with Crippen molar-refractivity contribution in [2.24, 2.45) is 0 Å². The summed E-state index contributed by atoms with van der Waals surface area (Å²) >= 11 is 0. The summed E-state index contributed by atoms with van der Waals surface area (Å²) in [4.78, 5) is 24.2. The molecule has 0 bridgehead atoms. The molecule has 140 valence electrons. The molecule has 0 aliphatic rings. The molecule has 0 fully saturated rings. The number of amides is 1. The van der Waals surface area contributed by atoms with Gasteiger partial charge in [0.15, 0.2) is 5.58 Å². The first-order valence-electron chi connectivity index (χ1n) is 8.50. The monoisotopic (exact) mass is 378 g/mol. The minimum absolute atomic E-state index is 0.169. The minimum Gasteiger partial charge on any atom is -0.457 e. The molecular weight excluding hydrogens is 363 g/mol. The van der Waals surface area contributed by atoms with E-state index < -0.39 is 5.76 Å². The molecule has 0 saturated heterocycles. The predicted octanol–water partition coefficient (Wildman–Crippen LogP) is 4.16. The van der Waals surface area contributed by atoms with E-state index >= 15 is 0 Å². The number of nitrogens with zero attached hydrogens (tertiary/aromatic N) is 1. The van der Waals surface area contributed by atoms with Crippen molar-refractivity contribution < 1.29 is 18.3 Å². The third-order valence-electron chi connectivity index (χ3n) is 4.05. The fraction of sp³-hybridized carbons (Fsp3) is 0.0476. The standard InChI is InChI=1S/C21H15FN2O4/c22-14-4-3-5-17(12-14)27-16-10-8-15(9-11-16)23-20(25)13-24-18-6-1-2-7-19(18)28-21(24)26/h1-12H,13H2,(H,23,25). The van der Waals surface area contributed by atoms with Crippen molar-refractivity contribution in [2.45, 2.75) is 6.54 Å². The van der Waals surface area contributed by atoms with Crippen molar-refractivity contribution in [1.29, 1.82) is 0 Å². The van der Waals surface area contributed by atoms with E-state index in [1.165, 1.54) is 16.7 Å². The number of hydrogen-bond donors (Lipinski definition) is 1. The van der Waals surface area contributed by atoms with Gasteiger partial charge in [0.05, 0.1) is 5.52 Å². The molecule has 3 aromatic carbocycles. The van der Waals surface area contributed by atoms with Gasteiger partial charge in [-0.05, 0) is 48.5 Å². The van der Waals surface area contributed by atoms with E-state index in [1.807, 2.05) is 0 Å². The summed E-state index contributed by atoms with van der Waals surface area (Å²) in [6, 6.07) is 19.3. The van der Waals surface area contributed by atoms with Crippen molar-refractivity contribution >= 4 is 22.7 Å². The number of nitrogens with one attached hydrogen (secondary N) is 1. The van der Waals surface area contributed by atoms with E-state index in [9.17, 15) is 14.0 Å². The minimum atomic E-state index is -0.588. The second-order valence-corrected chi connectivity index (χ2v) is 6.05. The van der Waals surface area contributed by atoms with Gasteiger partial charge >= 0.3 is 5.76 Å². The molecule has 7 heteroatoms. The summed E-state index contributed by atoms with van der Waals surface area (Å²) < 4.78 is 25.1. The summed E-state index contributed by atoms with van der Waals surface area (Å²) in [6.45, 7) is -0.169. The number of halogens is 1. The van der Waals surface area contributed by atoms with Gasteiger partial charge in [-0.25, -0.2) is 9.18 Å². The molecule has 4 rings (SSSR count). The van der Waals surface area contributed by atoms with Gasteiger partial charge in [0.1, 0.15) is 23.9 Å². The number of anilines is 1. The molecule has 0 atom stereocenters. The van der Waals surface area contributed by atoms with Gasteiger partial charge in [-0.15, -0.1) is 0 Å². The molecule has 28 heavy (non-hydrogen) atoms.